The maximum Gasteiger partial charge on any atom is 0.292 e. The van der Waals surface area contributed by atoms with Gasteiger partial charge in [-0.25, -0.2) is 0 Å². The Morgan fingerprint density at radius 3 is 2.70 bits per heavy atom. The number of anilines is 1. The van der Waals surface area contributed by atoms with Crippen molar-refractivity contribution >= 4 is 34.4 Å². The van der Waals surface area contributed by atoms with Crippen LogP contribution in [0.25, 0.3) is 0 Å². The molecule has 0 aliphatic heterocycles. The van der Waals surface area contributed by atoms with Gasteiger partial charge in [-0.2, -0.15) is 5.10 Å². The molecule has 0 spiro atoms. The first-order valence-electron chi connectivity index (χ1n) is 7.10. The van der Waals surface area contributed by atoms with Crippen LogP contribution < -0.4 is 10.7 Å². The molecular formula is C16H14N4O2S. The molecule has 0 amide bonds. The van der Waals surface area contributed by atoms with Gasteiger partial charge < -0.3 is 5.32 Å². The van der Waals surface area contributed by atoms with Crippen LogP contribution in [-0.4, -0.2) is 15.7 Å². The SMILES string of the molecule is O=[N+]([O-])c1ccccc1NC(=S)NN=C1CCc2ccccc21. The zero-order valence-electron chi connectivity index (χ0n) is 12.2. The van der Waals surface area contributed by atoms with Gasteiger partial charge in [-0.1, -0.05) is 36.4 Å². The van der Waals surface area contributed by atoms with Gasteiger partial charge in [0.1, 0.15) is 5.69 Å². The van der Waals surface area contributed by atoms with E-state index in [9.17, 15) is 10.1 Å². The summed E-state index contributed by atoms with van der Waals surface area (Å²) in [4.78, 5) is 10.5. The highest BCUT2D eigenvalue weighted by atomic mass is 32.1. The Hall–Kier alpha value is -2.80. The van der Waals surface area contributed by atoms with Crippen molar-refractivity contribution < 1.29 is 4.92 Å². The van der Waals surface area contributed by atoms with E-state index in [0.29, 0.717) is 5.69 Å². The van der Waals surface area contributed by atoms with Gasteiger partial charge in [0.25, 0.3) is 5.69 Å². The average Bonchev–Trinajstić information content (AvgIpc) is 2.96. The third-order valence-electron chi connectivity index (χ3n) is 3.60. The lowest BCUT2D eigenvalue weighted by Gasteiger charge is -2.08. The summed E-state index contributed by atoms with van der Waals surface area (Å²) in [5, 5.41) is 18.3. The third-order valence-corrected chi connectivity index (χ3v) is 3.79. The van der Waals surface area contributed by atoms with Gasteiger partial charge in [0.15, 0.2) is 5.11 Å². The number of rotatable bonds is 3. The van der Waals surface area contributed by atoms with Crippen LogP contribution in [0, 0.1) is 10.1 Å². The molecule has 1 aliphatic rings. The van der Waals surface area contributed by atoms with Crippen LogP contribution in [0.15, 0.2) is 53.6 Å². The van der Waals surface area contributed by atoms with Gasteiger partial charge in [-0.15, -0.1) is 0 Å². The average molecular weight is 326 g/mol. The molecule has 0 radical (unpaired) electrons. The van der Waals surface area contributed by atoms with Gasteiger partial charge in [-0.3, -0.25) is 15.5 Å². The molecule has 23 heavy (non-hydrogen) atoms. The number of aryl methyl sites for hydroxylation is 1. The molecule has 1 aliphatic carbocycles. The first-order chi connectivity index (χ1) is 11.1. The van der Waals surface area contributed by atoms with Crippen LogP contribution in [0.5, 0.6) is 0 Å². The Balaban J connectivity index is 1.70. The molecular weight excluding hydrogens is 312 g/mol. The Bertz CT molecular complexity index is 804. The predicted octanol–water partition coefficient (Wildman–Crippen LogP) is 3.23. The minimum absolute atomic E-state index is 0.0319. The van der Waals surface area contributed by atoms with Crippen LogP contribution in [0.4, 0.5) is 11.4 Å². The molecule has 0 atom stereocenters. The molecule has 2 N–H and O–H groups in total. The fourth-order valence-electron chi connectivity index (χ4n) is 2.53. The van der Waals surface area contributed by atoms with Gasteiger partial charge in [0, 0.05) is 11.6 Å². The van der Waals surface area contributed by atoms with Crippen LogP contribution in [0.3, 0.4) is 0 Å². The fourth-order valence-corrected chi connectivity index (χ4v) is 2.69. The second-order valence-corrected chi connectivity index (χ2v) is 5.46. The number of hydrazone groups is 1. The summed E-state index contributed by atoms with van der Waals surface area (Å²) in [7, 11) is 0. The lowest BCUT2D eigenvalue weighted by Crippen LogP contribution is -2.25. The third kappa shape index (κ3) is 3.35. The van der Waals surface area contributed by atoms with Gasteiger partial charge >= 0.3 is 0 Å². The molecule has 6 nitrogen and oxygen atoms in total. The zero-order valence-corrected chi connectivity index (χ0v) is 13.0. The molecule has 116 valence electrons. The van der Waals surface area contributed by atoms with E-state index in [4.69, 9.17) is 12.2 Å². The molecule has 0 fully saturated rings. The number of benzene rings is 2. The van der Waals surface area contributed by atoms with Crippen molar-refractivity contribution in [3.8, 4) is 0 Å². The lowest BCUT2D eigenvalue weighted by atomic mass is 10.1. The lowest BCUT2D eigenvalue weighted by molar-refractivity contribution is -0.383. The molecule has 7 heteroatoms. The number of hydrogen-bond donors (Lipinski definition) is 2. The number of nitro groups is 1. The van der Waals surface area contributed by atoms with E-state index in [0.717, 1.165) is 24.1 Å². The van der Waals surface area contributed by atoms with Crippen molar-refractivity contribution in [1.82, 2.24) is 5.43 Å². The summed E-state index contributed by atoms with van der Waals surface area (Å²) in [5.41, 5.74) is 6.39. The number of fused-ring (bicyclic) bond motifs is 1. The summed E-state index contributed by atoms with van der Waals surface area (Å²) in [5.74, 6) is 0. The van der Waals surface area contributed by atoms with Crippen LogP contribution in [-0.2, 0) is 6.42 Å². The van der Waals surface area contributed by atoms with E-state index in [1.807, 2.05) is 18.2 Å². The molecule has 0 bridgehead atoms. The number of nitro benzene ring substituents is 1. The molecule has 3 rings (SSSR count). The maximum atomic E-state index is 11.0. The molecule has 0 saturated carbocycles. The molecule has 0 aromatic heterocycles. The number of nitrogens with zero attached hydrogens (tertiary/aromatic N) is 2. The normalized spacial score (nSPS) is 14.3. The summed E-state index contributed by atoms with van der Waals surface area (Å²) in [6, 6.07) is 14.4. The standard InChI is InChI=1S/C16H14N4O2S/c21-20(22)15-8-4-3-7-14(15)17-16(23)19-18-13-10-9-11-5-1-2-6-12(11)13/h1-8H,9-10H2,(H2,17,19,23). The maximum absolute atomic E-state index is 11.0. The van der Waals surface area contributed by atoms with Gasteiger partial charge in [-0.05, 0) is 36.7 Å². The quantitative estimate of drug-likeness (QED) is 0.514. The van der Waals surface area contributed by atoms with E-state index < -0.39 is 4.92 Å². The summed E-state index contributed by atoms with van der Waals surface area (Å²) >= 11 is 5.16. The second kappa shape index (κ2) is 6.53. The number of para-hydroxylation sites is 2. The molecule has 0 saturated heterocycles. The largest absolute Gasteiger partial charge is 0.326 e. The van der Waals surface area contributed by atoms with Crippen molar-refractivity contribution in [3.05, 3.63) is 69.8 Å². The molecule has 2 aromatic carbocycles. The highest BCUT2D eigenvalue weighted by Crippen LogP contribution is 2.23. The van der Waals surface area contributed by atoms with Crippen LogP contribution >= 0.6 is 12.2 Å². The summed E-state index contributed by atoms with van der Waals surface area (Å²) in [6.07, 6.45) is 1.81. The number of hydrogen-bond acceptors (Lipinski definition) is 4. The van der Waals surface area contributed by atoms with E-state index >= 15 is 0 Å². The van der Waals surface area contributed by atoms with Gasteiger partial charge in [0.05, 0.1) is 10.6 Å². The van der Waals surface area contributed by atoms with Crippen molar-refractivity contribution in [2.75, 3.05) is 5.32 Å². The smallest absolute Gasteiger partial charge is 0.292 e. The number of thiocarbonyl (C=S) groups is 1. The van der Waals surface area contributed by atoms with Crippen molar-refractivity contribution in [2.24, 2.45) is 5.10 Å². The Morgan fingerprint density at radius 2 is 1.87 bits per heavy atom. The molecule has 2 aromatic rings. The highest BCUT2D eigenvalue weighted by molar-refractivity contribution is 7.80. The van der Waals surface area contributed by atoms with Gasteiger partial charge in [0.2, 0.25) is 0 Å². The Morgan fingerprint density at radius 1 is 1.13 bits per heavy atom. The molecule has 0 heterocycles. The topological polar surface area (TPSA) is 79.6 Å². The van der Waals surface area contributed by atoms with E-state index in [-0.39, 0.29) is 10.8 Å². The fraction of sp³-hybridized carbons (Fsp3) is 0.125. The molecule has 0 unspecified atom stereocenters. The van der Waals surface area contributed by atoms with Crippen molar-refractivity contribution in [1.29, 1.82) is 0 Å². The first kappa shape index (κ1) is 15.1. The second-order valence-electron chi connectivity index (χ2n) is 5.06. The van der Waals surface area contributed by atoms with E-state index in [1.54, 1.807) is 18.2 Å². The highest BCUT2D eigenvalue weighted by Gasteiger charge is 2.17. The summed E-state index contributed by atoms with van der Waals surface area (Å²) in [6.45, 7) is 0. The monoisotopic (exact) mass is 326 g/mol. The number of nitrogens with one attached hydrogen (secondary N) is 2. The van der Waals surface area contributed by atoms with Crippen molar-refractivity contribution in [2.45, 2.75) is 12.8 Å². The first-order valence-corrected chi connectivity index (χ1v) is 7.51. The van der Waals surface area contributed by atoms with Crippen LogP contribution in [0.1, 0.15) is 17.5 Å². The zero-order chi connectivity index (χ0) is 16.2. The van der Waals surface area contributed by atoms with E-state index in [1.165, 1.54) is 11.6 Å². The van der Waals surface area contributed by atoms with E-state index in [2.05, 4.69) is 21.9 Å². The Labute approximate surface area is 138 Å². The van der Waals surface area contributed by atoms with Crippen LogP contribution in [0.2, 0.25) is 0 Å². The minimum Gasteiger partial charge on any atom is -0.326 e. The predicted molar refractivity (Wildman–Crippen MR) is 93.8 cm³/mol. The minimum atomic E-state index is -0.454. The van der Waals surface area contributed by atoms with Crippen molar-refractivity contribution in [3.63, 3.8) is 0 Å². The summed E-state index contributed by atoms with van der Waals surface area (Å²) < 4.78 is 0. The Kier molecular flexibility index (Phi) is 4.29.